The van der Waals surface area contributed by atoms with E-state index in [0.717, 1.165) is 0 Å². The molecule has 0 aliphatic carbocycles. The van der Waals surface area contributed by atoms with Gasteiger partial charge in [-0.1, -0.05) is 0 Å². The van der Waals surface area contributed by atoms with Crippen LogP contribution >= 0.6 is 0 Å². The van der Waals surface area contributed by atoms with Crippen LogP contribution in [0.2, 0.25) is 0 Å². The summed E-state index contributed by atoms with van der Waals surface area (Å²) in [5.74, 6) is 0. The van der Waals surface area contributed by atoms with Gasteiger partial charge in [0, 0.05) is 12.6 Å². The smallest absolute Gasteiger partial charge is 0.853 e. The molecule has 1 rings (SSSR count). The SMILES string of the molecule is NC[C@@H]1OC(C[O-])[C@H]([O-])[C@H]([O-])C1[O-].[Li+].[Li+].[Li+].[Li+]. The fourth-order valence-electron chi connectivity index (χ4n) is 1.31. The molecule has 10 heteroatoms. The first-order chi connectivity index (χ1) is 6.11. The van der Waals surface area contributed by atoms with Crippen molar-refractivity contribution in [1.29, 1.82) is 0 Å². The number of hydrogen-bond acceptors (Lipinski definition) is 6. The van der Waals surface area contributed by atoms with Crippen LogP contribution in [0, 0.1) is 0 Å². The van der Waals surface area contributed by atoms with E-state index in [0.29, 0.717) is 0 Å². The summed E-state index contributed by atoms with van der Waals surface area (Å²) in [4.78, 5) is 0. The third-order valence-electron chi connectivity index (χ3n) is 2.13. The summed E-state index contributed by atoms with van der Waals surface area (Å²) in [6.45, 7) is -0.924. The molecule has 0 spiro atoms. The van der Waals surface area contributed by atoms with Crippen molar-refractivity contribution >= 4 is 0 Å². The second kappa shape index (κ2) is 13.1. The van der Waals surface area contributed by atoms with Gasteiger partial charge in [0.25, 0.3) is 0 Å². The predicted molar refractivity (Wildman–Crippen MR) is 33.9 cm³/mol. The molecule has 0 aromatic rings. The third kappa shape index (κ3) is 6.92. The normalized spacial score (nSPS) is 35.5. The fraction of sp³-hybridized carbons (Fsp3) is 1.00. The molecule has 0 aromatic carbocycles. The van der Waals surface area contributed by atoms with Crippen molar-refractivity contribution in [2.75, 3.05) is 13.2 Å². The molecule has 6 nitrogen and oxygen atoms in total. The molecule has 2 unspecified atom stereocenters. The fourth-order valence-corrected chi connectivity index (χ4v) is 1.31. The molecule has 0 bridgehead atoms. The molecular formula is C7H11Li4NO5. The van der Waals surface area contributed by atoms with Gasteiger partial charge in [-0.15, -0.1) is 24.9 Å². The van der Waals surface area contributed by atoms with Crippen LogP contribution in [-0.2, 0) is 4.74 Å². The van der Waals surface area contributed by atoms with Crippen molar-refractivity contribution in [1.82, 2.24) is 0 Å². The zero-order valence-corrected chi connectivity index (χ0v) is 10.9. The molecule has 1 fully saturated rings. The maximum atomic E-state index is 11.1. The zero-order valence-electron chi connectivity index (χ0n) is 10.9. The van der Waals surface area contributed by atoms with Gasteiger partial charge in [-0.2, -0.15) is 0 Å². The Morgan fingerprint density at radius 2 is 1.24 bits per heavy atom. The van der Waals surface area contributed by atoms with Crippen LogP contribution in [0.5, 0.6) is 0 Å². The molecule has 0 aromatic heterocycles. The molecule has 1 aliphatic rings. The molecule has 0 saturated carbocycles. The summed E-state index contributed by atoms with van der Waals surface area (Å²) in [6.07, 6.45) is -7.45. The van der Waals surface area contributed by atoms with Gasteiger partial charge in [0.15, 0.2) is 0 Å². The van der Waals surface area contributed by atoms with Gasteiger partial charge >= 0.3 is 75.4 Å². The quantitative estimate of drug-likeness (QED) is 0.457. The molecule has 1 aliphatic heterocycles. The first-order valence-electron chi connectivity index (χ1n) is 4.03. The average molecular weight is 217 g/mol. The summed E-state index contributed by atoms with van der Waals surface area (Å²) in [7, 11) is 0. The molecule has 1 saturated heterocycles. The van der Waals surface area contributed by atoms with Crippen LogP contribution in [-0.4, -0.2) is 43.7 Å². The third-order valence-corrected chi connectivity index (χ3v) is 2.13. The van der Waals surface area contributed by atoms with Crippen LogP contribution in [0.1, 0.15) is 0 Å². The van der Waals surface area contributed by atoms with E-state index in [2.05, 4.69) is 0 Å². The second-order valence-corrected chi connectivity index (χ2v) is 3.01. The van der Waals surface area contributed by atoms with Gasteiger partial charge < -0.3 is 30.9 Å². The summed E-state index contributed by atoms with van der Waals surface area (Å²) in [5, 5.41) is 43.6. The van der Waals surface area contributed by atoms with E-state index in [-0.39, 0.29) is 82.0 Å². The Hall–Kier alpha value is 2.15. The number of hydrogen-bond donors (Lipinski definition) is 1. The van der Waals surface area contributed by atoms with E-state index < -0.39 is 37.1 Å². The molecular weight excluding hydrogens is 206 g/mol. The summed E-state index contributed by atoms with van der Waals surface area (Å²) < 4.78 is 4.82. The summed E-state index contributed by atoms with van der Waals surface area (Å²) in [5.41, 5.74) is 5.15. The minimum absolute atomic E-state index is 0. The number of ether oxygens (including phenoxy) is 1. The van der Waals surface area contributed by atoms with Gasteiger partial charge in [0.2, 0.25) is 0 Å². The zero-order chi connectivity index (χ0) is 10.0. The van der Waals surface area contributed by atoms with E-state index in [9.17, 15) is 20.4 Å². The van der Waals surface area contributed by atoms with Crippen LogP contribution < -0.4 is 102 Å². The van der Waals surface area contributed by atoms with Crippen molar-refractivity contribution in [2.45, 2.75) is 30.5 Å². The Bertz CT molecular complexity index is 160. The molecule has 78 valence electrons. The Balaban J connectivity index is -0.000000211. The Kier molecular flexibility index (Phi) is 21.3. The van der Waals surface area contributed by atoms with E-state index in [1.807, 2.05) is 0 Å². The van der Waals surface area contributed by atoms with Crippen LogP contribution in [0.4, 0.5) is 0 Å². The minimum Gasteiger partial charge on any atom is -0.853 e. The maximum Gasteiger partial charge on any atom is 1.00 e. The van der Waals surface area contributed by atoms with Crippen molar-refractivity contribution in [3.8, 4) is 0 Å². The number of rotatable bonds is 2. The van der Waals surface area contributed by atoms with Crippen molar-refractivity contribution in [3.05, 3.63) is 0 Å². The van der Waals surface area contributed by atoms with Gasteiger partial charge in [0.05, 0.1) is 6.10 Å². The number of nitrogens with two attached hydrogens (primary N) is 1. The maximum absolute atomic E-state index is 11.1. The van der Waals surface area contributed by atoms with Crippen LogP contribution in [0.3, 0.4) is 0 Å². The van der Waals surface area contributed by atoms with Gasteiger partial charge in [0.1, 0.15) is 0 Å². The Morgan fingerprint density at radius 3 is 1.59 bits per heavy atom. The van der Waals surface area contributed by atoms with Gasteiger partial charge in [-0.3, -0.25) is 0 Å². The van der Waals surface area contributed by atoms with E-state index >= 15 is 0 Å². The van der Waals surface area contributed by atoms with Crippen LogP contribution in [0.15, 0.2) is 0 Å². The van der Waals surface area contributed by atoms with Crippen molar-refractivity contribution in [2.24, 2.45) is 5.73 Å². The van der Waals surface area contributed by atoms with E-state index in [1.165, 1.54) is 0 Å². The summed E-state index contributed by atoms with van der Waals surface area (Å²) in [6, 6.07) is 0. The molecule has 1 heterocycles. The molecule has 5 atom stereocenters. The van der Waals surface area contributed by atoms with Crippen LogP contribution in [0.25, 0.3) is 0 Å². The first kappa shape index (κ1) is 27.5. The largest absolute Gasteiger partial charge is 1.00 e. The summed E-state index contributed by atoms with van der Waals surface area (Å²) >= 11 is 0. The Labute approximate surface area is 149 Å². The molecule has 17 heavy (non-hydrogen) atoms. The Morgan fingerprint density at radius 1 is 0.824 bits per heavy atom. The van der Waals surface area contributed by atoms with Crippen molar-refractivity contribution in [3.63, 3.8) is 0 Å². The monoisotopic (exact) mass is 217 g/mol. The minimum atomic E-state index is -1.83. The van der Waals surface area contributed by atoms with E-state index in [1.54, 1.807) is 0 Å². The predicted octanol–water partition coefficient (Wildman–Crippen LogP) is -17.7. The second-order valence-electron chi connectivity index (χ2n) is 3.01. The average Bonchev–Trinajstić information content (AvgIpc) is 2.15. The molecule has 2 N–H and O–H groups in total. The topological polar surface area (TPSA) is 127 Å². The van der Waals surface area contributed by atoms with Gasteiger partial charge in [-0.25, -0.2) is 0 Å². The van der Waals surface area contributed by atoms with Crippen molar-refractivity contribution < 1.29 is 101 Å². The molecule has 0 radical (unpaired) electrons. The van der Waals surface area contributed by atoms with E-state index in [4.69, 9.17) is 10.5 Å². The molecule has 0 amide bonds. The standard InChI is InChI=1S/C7H11NO5.4Li/c8-1-3-5(10)7(12)6(11)4(2-9)13-3;;;;/h3-7H,1-2,8H2;;;;/q-4;4*+1/t3-,4?,5?,6-,7+;;;;/m0..../s1. The van der Waals surface area contributed by atoms with Gasteiger partial charge in [-0.05, 0) is 0 Å². The first-order valence-corrected chi connectivity index (χ1v) is 4.03.